The molecular formula is C14H16FN3O2S. The topological polar surface area (TPSA) is 68.0 Å². The maximum absolute atomic E-state index is 13.6. The maximum atomic E-state index is 13.6. The van der Waals surface area contributed by atoms with Gasteiger partial charge in [-0.2, -0.15) is 0 Å². The predicted octanol–water partition coefficient (Wildman–Crippen LogP) is 2.84. The summed E-state index contributed by atoms with van der Waals surface area (Å²) < 4.78 is 15.4. The highest BCUT2D eigenvalue weighted by Gasteiger charge is 2.16. The minimum atomic E-state index is -0.929. The summed E-state index contributed by atoms with van der Waals surface area (Å²) in [5.41, 5.74) is 1.41. The first-order valence-electron chi connectivity index (χ1n) is 6.57. The Morgan fingerprint density at radius 2 is 2.14 bits per heavy atom. The van der Waals surface area contributed by atoms with Gasteiger partial charge in [0.15, 0.2) is 5.16 Å². The van der Waals surface area contributed by atoms with Crippen LogP contribution in [0, 0.1) is 12.7 Å². The van der Waals surface area contributed by atoms with E-state index >= 15 is 0 Å². The van der Waals surface area contributed by atoms with Gasteiger partial charge in [-0.15, -0.1) is 10.2 Å². The zero-order valence-electron chi connectivity index (χ0n) is 11.8. The average Bonchev–Trinajstić information content (AvgIpc) is 2.78. The molecular weight excluding hydrogens is 293 g/mol. The van der Waals surface area contributed by atoms with Crippen molar-refractivity contribution in [1.82, 2.24) is 14.8 Å². The summed E-state index contributed by atoms with van der Waals surface area (Å²) >= 11 is 1.08. The van der Waals surface area contributed by atoms with Crippen molar-refractivity contribution in [2.75, 3.05) is 5.75 Å². The van der Waals surface area contributed by atoms with Crippen molar-refractivity contribution in [2.24, 2.45) is 0 Å². The Morgan fingerprint density at radius 3 is 2.76 bits per heavy atom. The second-order valence-corrected chi connectivity index (χ2v) is 5.60. The first kappa shape index (κ1) is 15.5. The van der Waals surface area contributed by atoms with E-state index in [0.717, 1.165) is 23.7 Å². The molecule has 1 aromatic heterocycles. The van der Waals surface area contributed by atoms with Crippen LogP contribution in [0.4, 0.5) is 4.39 Å². The molecule has 0 aliphatic heterocycles. The fraction of sp³-hybridized carbons (Fsp3) is 0.357. The van der Waals surface area contributed by atoms with E-state index in [1.165, 1.54) is 12.1 Å². The minimum absolute atomic E-state index is 0.113. The van der Waals surface area contributed by atoms with E-state index in [1.54, 1.807) is 11.5 Å². The second kappa shape index (κ2) is 6.71. The molecule has 0 atom stereocenters. The number of hydrogen-bond acceptors (Lipinski definition) is 4. The lowest BCUT2D eigenvalue weighted by Crippen LogP contribution is -2.05. The van der Waals surface area contributed by atoms with E-state index in [9.17, 15) is 9.18 Å². The summed E-state index contributed by atoms with van der Waals surface area (Å²) in [7, 11) is 0. The van der Waals surface area contributed by atoms with Gasteiger partial charge in [-0.05, 0) is 37.1 Å². The summed E-state index contributed by atoms with van der Waals surface area (Å²) in [5, 5.41) is 17.4. The molecule has 1 N–H and O–H groups in total. The first-order chi connectivity index (χ1) is 10.0. The number of halogens is 1. The molecule has 21 heavy (non-hydrogen) atoms. The smallest absolute Gasteiger partial charge is 0.313 e. The van der Waals surface area contributed by atoms with E-state index in [-0.39, 0.29) is 11.6 Å². The zero-order chi connectivity index (χ0) is 15.4. The molecule has 0 saturated heterocycles. The SMILES string of the molecule is CCCc1nnc(SCC(=O)O)n1-c1cc(C)cc(F)c1. The number of aliphatic carboxylic acids is 1. The van der Waals surface area contributed by atoms with E-state index in [1.807, 2.05) is 13.0 Å². The molecule has 0 spiro atoms. The highest BCUT2D eigenvalue weighted by atomic mass is 32.2. The van der Waals surface area contributed by atoms with Crippen molar-refractivity contribution in [3.8, 4) is 5.69 Å². The predicted molar refractivity (Wildman–Crippen MR) is 78.4 cm³/mol. The molecule has 1 heterocycles. The summed E-state index contributed by atoms with van der Waals surface area (Å²) in [6.07, 6.45) is 1.56. The van der Waals surface area contributed by atoms with Crippen LogP contribution in [0.1, 0.15) is 24.7 Å². The van der Waals surface area contributed by atoms with Gasteiger partial charge in [0, 0.05) is 6.42 Å². The van der Waals surface area contributed by atoms with Gasteiger partial charge in [0.05, 0.1) is 11.4 Å². The van der Waals surface area contributed by atoms with Crippen molar-refractivity contribution in [3.63, 3.8) is 0 Å². The molecule has 0 amide bonds. The molecule has 0 aliphatic carbocycles. The minimum Gasteiger partial charge on any atom is -0.481 e. The lowest BCUT2D eigenvalue weighted by molar-refractivity contribution is -0.133. The molecule has 0 saturated carbocycles. The zero-order valence-corrected chi connectivity index (χ0v) is 12.7. The maximum Gasteiger partial charge on any atom is 0.313 e. The van der Waals surface area contributed by atoms with Crippen LogP contribution in [0.15, 0.2) is 23.4 Å². The van der Waals surface area contributed by atoms with Crippen LogP contribution in [0.5, 0.6) is 0 Å². The van der Waals surface area contributed by atoms with Crippen LogP contribution in [-0.2, 0) is 11.2 Å². The molecule has 7 heteroatoms. The van der Waals surface area contributed by atoms with E-state index < -0.39 is 5.97 Å². The molecule has 0 fully saturated rings. The Labute approximate surface area is 126 Å². The summed E-state index contributed by atoms with van der Waals surface area (Å²) in [6, 6.07) is 4.67. The molecule has 0 radical (unpaired) electrons. The molecule has 1 aromatic carbocycles. The van der Waals surface area contributed by atoms with Crippen LogP contribution in [0.25, 0.3) is 5.69 Å². The Hall–Kier alpha value is -1.89. The molecule has 0 unspecified atom stereocenters. The fourth-order valence-electron chi connectivity index (χ4n) is 2.01. The van der Waals surface area contributed by atoms with Crippen molar-refractivity contribution in [2.45, 2.75) is 31.8 Å². The number of thioether (sulfide) groups is 1. The highest BCUT2D eigenvalue weighted by molar-refractivity contribution is 7.99. The summed E-state index contributed by atoms with van der Waals surface area (Å²) in [5.74, 6) is -0.675. The van der Waals surface area contributed by atoms with Crippen molar-refractivity contribution in [3.05, 3.63) is 35.4 Å². The lowest BCUT2D eigenvalue weighted by Gasteiger charge is -2.10. The molecule has 2 aromatic rings. The van der Waals surface area contributed by atoms with E-state index in [2.05, 4.69) is 10.2 Å². The van der Waals surface area contributed by atoms with Crippen molar-refractivity contribution in [1.29, 1.82) is 0 Å². The summed E-state index contributed by atoms with van der Waals surface area (Å²) in [6.45, 7) is 3.82. The van der Waals surface area contributed by atoms with E-state index in [0.29, 0.717) is 23.1 Å². The number of aryl methyl sites for hydroxylation is 2. The standard InChI is InChI=1S/C14H16FN3O2S/c1-3-4-12-16-17-14(21-8-13(19)20)18(12)11-6-9(2)5-10(15)7-11/h5-7H,3-4,8H2,1-2H3,(H,19,20). The molecule has 5 nitrogen and oxygen atoms in total. The number of carboxylic acid groups (broad SMARTS) is 1. The summed E-state index contributed by atoms with van der Waals surface area (Å²) in [4.78, 5) is 10.7. The first-order valence-corrected chi connectivity index (χ1v) is 7.56. The average molecular weight is 309 g/mol. The van der Waals surface area contributed by atoms with Gasteiger partial charge in [-0.3, -0.25) is 9.36 Å². The van der Waals surface area contributed by atoms with Crippen molar-refractivity contribution >= 4 is 17.7 Å². The van der Waals surface area contributed by atoms with Crippen LogP contribution >= 0.6 is 11.8 Å². The van der Waals surface area contributed by atoms with Crippen molar-refractivity contribution < 1.29 is 14.3 Å². The molecule has 0 aliphatic rings. The molecule has 0 bridgehead atoms. The Morgan fingerprint density at radius 1 is 1.38 bits per heavy atom. The van der Waals surface area contributed by atoms with Gasteiger partial charge in [0.2, 0.25) is 0 Å². The number of nitrogens with zero attached hydrogens (tertiary/aromatic N) is 3. The number of carbonyl (C=O) groups is 1. The monoisotopic (exact) mass is 309 g/mol. The Balaban J connectivity index is 2.46. The van der Waals surface area contributed by atoms with Crippen LogP contribution in [0.3, 0.4) is 0 Å². The quantitative estimate of drug-likeness (QED) is 0.831. The highest BCUT2D eigenvalue weighted by Crippen LogP contribution is 2.24. The van der Waals surface area contributed by atoms with E-state index in [4.69, 9.17) is 5.11 Å². The molecule has 112 valence electrons. The van der Waals surface area contributed by atoms with Gasteiger partial charge >= 0.3 is 5.97 Å². The largest absolute Gasteiger partial charge is 0.481 e. The third-order valence-corrected chi connectivity index (χ3v) is 3.70. The third-order valence-electron chi connectivity index (χ3n) is 2.78. The number of carboxylic acids is 1. The number of aromatic nitrogens is 3. The number of benzene rings is 1. The van der Waals surface area contributed by atoms with Crippen LogP contribution < -0.4 is 0 Å². The van der Waals surface area contributed by atoms with Gasteiger partial charge in [0.25, 0.3) is 0 Å². The van der Waals surface area contributed by atoms with Gasteiger partial charge < -0.3 is 5.11 Å². The number of hydrogen-bond donors (Lipinski definition) is 1. The Kier molecular flexibility index (Phi) is 4.95. The van der Waals surface area contributed by atoms with Gasteiger partial charge in [0.1, 0.15) is 11.6 Å². The normalized spacial score (nSPS) is 10.8. The number of rotatable bonds is 6. The Bertz CT molecular complexity index is 637. The van der Waals surface area contributed by atoms with Crippen LogP contribution in [-0.4, -0.2) is 31.6 Å². The van der Waals surface area contributed by atoms with Crippen LogP contribution in [0.2, 0.25) is 0 Å². The lowest BCUT2D eigenvalue weighted by atomic mass is 10.2. The van der Waals surface area contributed by atoms with Gasteiger partial charge in [-0.1, -0.05) is 18.7 Å². The molecule has 2 rings (SSSR count). The fourth-order valence-corrected chi connectivity index (χ4v) is 2.70. The second-order valence-electron chi connectivity index (χ2n) is 4.65. The third kappa shape index (κ3) is 3.81. The van der Waals surface area contributed by atoms with Gasteiger partial charge in [-0.25, -0.2) is 4.39 Å².